The summed E-state index contributed by atoms with van der Waals surface area (Å²) >= 11 is 1.55. The molecule has 0 aliphatic heterocycles. The first-order chi connectivity index (χ1) is 14.4. The number of hydrogen-bond acceptors (Lipinski definition) is 4. The van der Waals surface area contributed by atoms with Crippen molar-refractivity contribution in [3.63, 3.8) is 0 Å². The molecule has 0 aliphatic rings. The van der Waals surface area contributed by atoms with Gasteiger partial charge in [0.05, 0.1) is 12.2 Å². The van der Waals surface area contributed by atoms with Crippen LogP contribution in [-0.2, 0) is 6.54 Å². The Morgan fingerprint density at radius 3 is 2.47 bits per heavy atom. The number of aromatic nitrogens is 3. The molecule has 0 radical (unpaired) electrons. The second kappa shape index (κ2) is 9.03. The highest BCUT2D eigenvalue weighted by molar-refractivity contribution is 7.04. The monoisotopic (exact) mass is 430 g/mol. The van der Waals surface area contributed by atoms with Crippen molar-refractivity contribution < 1.29 is 0 Å². The molecule has 0 saturated carbocycles. The highest BCUT2D eigenvalue weighted by atomic mass is 35.5. The molecule has 0 N–H and O–H groups in total. The first kappa shape index (κ1) is 20.0. The molecule has 6 heteroatoms. The molecule has 3 aromatic carbocycles. The summed E-state index contributed by atoms with van der Waals surface area (Å²) in [6.07, 6.45) is 3.61. The van der Waals surface area contributed by atoms with Gasteiger partial charge in [-0.05, 0) is 46.1 Å². The molecular weight excluding hydrogens is 412 g/mol. The van der Waals surface area contributed by atoms with Gasteiger partial charge >= 0.3 is 0 Å². The van der Waals surface area contributed by atoms with E-state index >= 15 is 0 Å². The maximum Gasteiger partial charge on any atom is 0.223 e. The highest BCUT2D eigenvalue weighted by Crippen LogP contribution is 2.29. The number of para-hydroxylation sites is 1. The Hall–Kier alpha value is -3.28. The number of rotatable bonds is 4. The number of benzene rings is 3. The van der Waals surface area contributed by atoms with Crippen molar-refractivity contribution >= 4 is 34.7 Å². The first-order valence-corrected chi connectivity index (χ1v) is 10.2. The van der Waals surface area contributed by atoms with E-state index in [4.69, 9.17) is 9.98 Å². The van der Waals surface area contributed by atoms with E-state index in [-0.39, 0.29) is 12.4 Å². The van der Waals surface area contributed by atoms with Crippen molar-refractivity contribution in [3.8, 4) is 17.1 Å². The number of fused-ring (bicyclic) bond motifs is 1. The lowest BCUT2D eigenvalue weighted by atomic mass is 10.0. The topological polar surface area (TPSA) is 43.1 Å². The molecule has 0 atom stereocenters. The van der Waals surface area contributed by atoms with Gasteiger partial charge < -0.3 is 0 Å². The van der Waals surface area contributed by atoms with Crippen LogP contribution in [0.4, 0.5) is 0 Å². The molecule has 0 fully saturated rings. The normalized spacial score (nSPS) is 11.4. The fourth-order valence-electron chi connectivity index (χ4n) is 3.32. The lowest BCUT2D eigenvalue weighted by molar-refractivity contribution is 0.980. The van der Waals surface area contributed by atoms with Crippen molar-refractivity contribution in [2.24, 2.45) is 4.99 Å². The summed E-state index contributed by atoms with van der Waals surface area (Å²) in [5.74, 6) is 0.905. The average Bonchev–Trinajstić information content (AvgIpc) is 3.23. The van der Waals surface area contributed by atoms with E-state index < -0.39 is 0 Å². The van der Waals surface area contributed by atoms with Crippen molar-refractivity contribution in [1.82, 2.24) is 13.9 Å². The molecule has 30 heavy (non-hydrogen) atoms. The molecule has 0 aliphatic carbocycles. The molecule has 0 spiro atoms. The molecule has 148 valence electrons. The number of halogens is 1. The van der Waals surface area contributed by atoms with E-state index in [1.807, 2.05) is 36.5 Å². The Kier molecular flexibility index (Phi) is 6.02. The van der Waals surface area contributed by atoms with Gasteiger partial charge in [0.2, 0.25) is 4.80 Å². The van der Waals surface area contributed by atoms with Crippen LogP contribution in [0.2, 0.25) is 0 Å². The molecule has 5 aromatic rings. The minimum absolute atomic E-state index is 0. The molecule has 4 nitrogen and oxygen atoms in total. The van der Waals surface area contributed by atoms with Gasteiger partial charge in [-0.25, -0.2) is 3.96 Å². The molecule has 0 amide bonds. The molecule has 0 unspecified atom stereocenters. The maximum atomic E-state index is 4.92. The van der Waals surface area contributed by atoms with Crippen LogP contribution in [0.1, 0.15) is 5.56 Å². The molecule has 0 saturated heterocycles. The van der Waals surface area contributed by atoms with E-state index in [9.17, 15) is 0 Å². The lowest BCUT2D eigenvalue weighted by Gasteiger charge is -2.09. The molecule has 5 rings (SSSR count). The van der Waals surface area contributed by atoms with Crippen molar-refractivity contribution in [2.45, 2.75) is 6.54 Å². The zero-order chi connectivity index (χ0) is 19.5. The average molecular weight is 431 g/mol. The first-order valence-electron chi connectivity index (χ1n) is 9.42. The summed E-state index contributed by atoms with van der Waals surface area (Å²) in [7, 11) is 0. The van der Waals surface area contributed by atoms with Gasteiger partial charge in [0, 0.05) is 18.0 Å². The van der Waals surface area contributed by atoms with Crippen LogP contribution in [0.5, 0.6) is 0 Å². The predicted octanol–water partition coefficient (Wildman–Crippen LogP) is 5.67. The van der Waals surface area contributed by atoms with Gasteiger partial charge in [0.25, 0.3) is 0 Å². The van der Waals surface area contributed by atoms with Gasteiger partial charge in [-0.2, -0.15) is 4.98 Å². The van der Waals surface area contributed by atoms with E-state index in [0.29, 0.717) is 6.54 Å². The van der Waals surface area contributed by atoms with Crippen LogP contribution in [-0.4, -0.2) is 13.9 Å². The SMILES string of the molecule is Cl.c1ccc(-n2sc(=NCc3cccnc3)nc2-c2cccc3ccccc23)cc1. The molecule has 2 aromatic heterocycles. The summed E-state index contributed by atoms with van der Waals surface area (Å²) in [5, 5.41) is 2.38. The van der Waals surface area contributed by atoms with Gasteiger partial charge in [0.1, 0.15) is 0 Å². The lowest BCUT2D eigenvalue weighted by Crippen LogP contribution is -1.99. The molecular formula is C24H19ClN4S. The second-order valence-electron chi connectivity index (χ2n) is 6.64. The largest absolute Gasteiger partial charge is 0.264 e. The Morgan fingerprint density at radius 2 is 1.63 bits per heavy atom. The van der Waals surface area contributed by atoms with E-state index in [1.54, 1.807) is 17.7 Å². The molecule has 0 bridgehead atoms. The van der Waals surface area contributed by atoms with Gasteiger partial charge in [-0.1, -0.05) is 66.7 Å². The summed E-state index contributed by atoms with van der Waals surface area (Å²) in [6, 6.07) is 29.0. The summed E-state index contributed by atoms with van der Waals surface area (Å²) in [4.78, 5) is 14.6. The Balaban J connectivity index is 0.00000218. The number of hydrogen-bond donors (Lipinski definition) is 0. The zero-order valence-corrected chi connectivity index (χ0v) is 17.7. The Labute approximate surface area is 184 Å². The summed E-state index contributed by atoms with van der Waals surface area (Å²) in [6.45, 7) is 0.561. The quantitative estimate of drug-likeness (QED) is 0.368. The summed E-state index contributed by atoms with van der Waals surface area (Å²) < 4.78 is 2.16. The smallest absolute Gasteiger partial charge is 0.223 e. The minimum atomic E-state index is 0. The summed E-state index contributed by atoms with van der Waals surface area (Å²) in [5.41, 5.74) is 3.25. The van der Waals surface area contributed by atoms with Gasteiger partial charge in [0.15, 0.2) is 5.82 Å². The fourth-order valence-corrected chi connectivity index (χ4v) is 4.19. The maximum absolute atomic E-state index is 4.92. The highest BCUT2D eigenvalue weighted by Gasteiger charge is 2.13. The van der Waals surface area contributed by atoms with Gasteiger partial charge in [-0.3, -0.25) is 9.98 Å². The Bertz CT molecular complexity index is 1320. The van der Waals surface area contributed by atoms with Crippen LogP contribution >= 0.6 is 23.9 Å². The van der Waals surface area contributed by atoms with E-state index in [2.05, 4.69) is 63.5 Å². The van der Waals surface area contributed by atoms with E-state index in [1.165, 1.54) is 10.8 Å². The van der Waals surface area contributed by atoms with Crippen molar-refractivity contribution in [3.05, 3.63) is 108 Å². The Morgan fingerprint density at radius 1 is 0.833 bits per heavy atom. The zero-order valence-electron chi connectivity index (χ0n) is 16.1. The van der Waals surface area contributed by atoms with Crippen LogP contribution in [0, 0.1) is 0 Å². The minimum Gasteiger partial charge on any atom is -0.264 e. The van der Waals surface area contributed by atoms with Crippen LogP contribution in [0.25, 0.3) is 27.8 Å². The second-order valence-corrected chi connectivity index (χ2v) is 7.56. The van der Waals surface area contributed by atoms with Gasteiger partial charge in [-0.15, -0.1) is 12.4 Å². The predicted molar refractivity (Wildman–Crippen MR) is 125 cm³/mol. The van der Waals surface area contributed by atoms with E-state index in [0.717, 1.165) is 27.4 Å². The number of pyridine rings is 1. The van der Waals surface area contributed by atoms with Crippen molar-refractivity contribution in [2.75, 3.05) is 0 Å². The van der Waals surface area contributed by atoms with Crippen molar-refractivity contribution in [1.29, 1.82) is 0 Å². The standard InChI is InChI=1S/C24H18N4S.ClH/c1-2-11-20(12-3-1)28-23(22-14-6-10-19-9-4-5-13-21(19)22)27-24(29-28)26-17-18-8-7-15-25-16-18;/h1-16H,17H2;1H. The fraction of sp³-hybridized carbons (Fsp3) is 0.0417. The van der Waals surface area contributed by atoms with Crippen LogP contribution in [0.3, 0.4) is 0 Å². The third-order valence-electron chi connectivity index (χ3n) is 4.71. The number of nitrogens with zero attached hydrogens (tertiary/aromatic N) is 4. The van der Waals surface area contributed by atoms with Crippen LogP contribution in [0.15, 0.2) is 102 Å². The third-order valence-corrected chi connectivity index (χ3v) is 5.66. The van der Waals surface area contributed by atoms with Crippen LogP contribution < -0.4 is 4.80 Å². The molecule has 2 heterocycles. The third kappa shape index (κ3) is 4.03.